The van der Waals surface area contributed by atoms with Crippen LogP contribution in [0, 0.1) is 5.92 Å². The van der Waals surface area contributed by atoms with E-state index in [9.17, 15) is 9.59 Å². The number of fused-ring (bicyclic) bond motifs is 1. The van der Waals surface area contributed by atoms with Crippen molar-refractivity contribution < 1.29 is 14.3 Å². The van der Waals surface area contributed by atoms with Gasteiger partial charge in [0, 0.05) is 13.1 Å². The van der Waals surface area contributed by atoms with Crippen LogP contribution in [0.3, 0.4) is 0 Å². The Hall–Kier alpha value is -2.82. The third kappa shape index (κ3) is 4.97. The minimum atomic E-state index is -0.233. The van der Waals surface area contributed by atoms with Gasteiger partial charge in [-0.1, -0.05) is 45.0 Å². The van der Waals surface area contributed by atoms with E-state index in [1.165, 1.54) is 5.56 Å². The smallest absolute Gasteiger partial charge is 0.231 e. The molecule has 5 heteroatoms. The molecule has 0 bridgehead atoms. The molecule has 1 aliphatic heterocycles. The summed E-state index contributed by atoms with van der Waals surface area (Å²) in [5.74, 6) is 1.21. The van der Waals surface area contributed by atoms with Gasteiger partial charge in [0.1, 0.15) is 5.75 Å². The van der Waals surface area contributed by atoms with E-state index in [0.717, 1.165) is 36.4 Å². The summed E-state index contributed by atoms with van der Waals surface area (Å²) in [7, 11) is 0. The van der Waals surface area contributed by atoms with E-state index in [1.807, 2.05) is 48.2 Å². The van der Waals surface area contributed by atoms with Crippen LogP contribution in [-0.2, 0) is 9.59 Å². The SMILES string of the molecule is CC1CN(C=O)c2ccccc2N(CCCCOc2ccc(C(C)C)cc2)C1=O. The van der Waals surface area contributed by atoms with E-state index in [1.54, 1.807) is 4.90 Å². The number of anilines is 2. The molecule has 1 unspecified atom stereocenters. The summed E-state index contributed by atoms with van der Waals surface area (Å²) in [5, 5.41) is 0. The van der Waals surface area contributed by atoms with Crippen LogP contribution in [0.15, 0.2) is 48.5 Å². The molecule has 29 heavy (non-hydrogen) atoms. The number of amides is 2. The first-order valence-corrected chi connectivity index (χ1v) is 10.4. The largest absolute Gasteiger partial charge is 0.494 e. The number of para-hydroxylation sites is 2. The van der Waals surface area contributed by atoms with Gasteiger partial charge in [0.25, 0.3) is 0 Å². The van der Waals surface area contributed by atoms with Crippen LogP contribution in [0.2, 0.25) is 0 Å². The van der Waals surface area contributed by atoms with E-state index in [0.29, 0.717) is 25.6 Å². The fourth-order valence-corrected chi connectivity index (χ4v) is 3.63. The van der Waals surface area contributed by atoms with Crippen molar-refractivity contribution in [1.29, 1.82) is 0 Å². The zero-order valence-electron chi connectivity index (χ0n) is 17.5. The lowest BCUT2D eigenvalue weighted by atomic mass is 10.0. The molecule has 3 rings (SSSR count). The summed E-state index contributed by atoms with van der Waals surface area (Å²) in [6, 6.07) is 15.8. The second kappa shape index (κ2) is 9.59. The topological polar surface area (TPSA) is 49.9 Å². The van der Waals surface area contributed by atoms with E-state index in [4.69, 9.17) is 4.74 Å². The number of unbranched alkanes of at least 4 members (excludes halogenated alkanes) is 1. The van der Waals surface area contributed by atoms with Crippen molar-refractivity contribution in [3.05, 3.63) is 54.1 Å². The van der Waals surface area contributed by atoms with Crippen molar-refractivity contribution in [1.82, 2.24) is 0 Å². The zero-order chi connectivity index (χ0) is 20.8. The van der Waals surface area contributed by atoms with Crippen molar-refractivity contribution in [2.75, 3.05) is 29.5 Å². The Kier molecular flexibility index (Phi) is 6.91. The highest BCUT2D eigenvalue weighted by molar-refractivity contribution is 6.02. The molecule has 0 N–H and O–H groups in total. The molecule has 0 saturated carbocycles. The molecule has 2 aromatic rings. The molecule has 1 aliphatic rings. The number of hydrogen-bond acceptors (Lipinski definition) is 3. The lowest BCUT2D eigenvalue weighted by molar-refractivity contribution is -0.121. The first-order valence-electron chi connectivity index (χ1n) is 10.4. The molecule has 1 heterocycles. The standard InChI is InChI=1S/C24H30N2O3/c1-18(2)20-10-12-21(13-11-20)29-15-7-6-14-26-23-9-5-4-8-22(23)25(17-27)16-19(3)24(26)28/h4-5,8-13,17-19H,6-7,14-16H2,1-3H3. The van der Waals surface area contributed by atoms with Gasteiger partial charge in [-0.2, -0.15) is 0 Å². The first kappa shape index (κ1) is 20.9. The van der Waals surface area contributed by atoms with Gasteiger partial charge in [-0.15, -0.1) is 0 Å². The molecule has 1 atom stereocenters. The van der Waals surface area contributed by atoms with E-state index < -0.39 is 0 Å². The Morgan fingerprint density at radius 1 is 1.07 bits per heavy atom. The van der Waals surface area contributed by atoms with E-state index in [-0.39, 0.29) is 11.8 Å². The number of carbonyl (C=O) groups is 2. The van der Waals surface area contributed by atoms with Crippen molar-refractivity contribution in [2.24, 2.45) is 5.92 Å². The molecule has 0 fully saturated rings. The predicted molar refractivity (Wildman–Crippen MR) is 117 cm³/mol. The minimum absolute atomic E-state index is 0.0620. The molecule has 0 aromatic heterocycles. The van der Waals surface area contributed by atoms with Gasteiger partial charge in [-0.3, -0.25) is 9.59 Å². The number of hydrogen-bond donors (Lipinski definition) is 0. The maximum Gasteiger partial charge on any atom is 0.231 e. The Bertz CT molecular complexity index is 832. The Morgan fingerprint density at radius 2 is 1.76 bits per heavy atom. The molecule has 0 radical (unpaired) electrons. The highest BCUT2D eigenvalue weighted by atomic mass is 16.5. The highest BCUT2D eigenvalue weighted by Crippen LogP contribution is 2.33. The number of benzene rings is 2. The van der Waals surface area contributed by atoms with Crippen LogP contribution >= 0.6 is 0 Å². The second-order valence-electron chi connectivity index (χ2n) is 7.92. The number of rotatable bonds is 8. The average Bonchev–Trinajstić information content (AvgIpc) is 2.83. The number of carbonyl (C=O) groups excluding carboxylic acids is 2. The van der Waals surface area contributed by atoms with Crippen LogP contribution in [0.4, 0.5) is 11.4 Å². The van der Waals surface area contributed by atoms with Gasteiger partial charge in [-0.05, 0) is 48.6 Å². The fraction of sp³-hybridized carbons (Fsp3) is 0.417. The molecule has 2 amide bonds. The van der Waals surface area contributed by atoms with Gasteiger partial charge in [0.15, 0.2) is 0 Å². The molecule has 154 valence electrons. The third-order valence-electron chi connectivity index (χ3n) is 5.36. The normalized spacial score (nSPS) is 16.6. The molecule has 0 aliphatic carbocycles. The molecular formula is C24H30N2O3. The van der Waals surface area contributed by atoms with E-state index in [2.05, 4.69) is 26.0 Å². The third-order valence-corrected chi connectivity index (χ3v) is 5.36. The summed E-state index contributed by atoms with van der Waals surface area (Å²) in [6.07, 6.45) is 2.49. The van der Waals surface area contributed by atoms with Crippen molar-refractivity contribution >= 4 is 23.7 Å². The highest BCUT2D eigenvalue weighted by Gasteiger charge is 2.30. The van der Waals surface area contributed by atoms with Crippen LogP contribution in [0.5, 0.6) is 5.75 Å². The Balaban J connectivity index is 1.57. The van der Waals surface area contributed by atoms with Crippen LogP contribution in [0.25, 0.3) is 0 Å². The maximum absolute atomic E-state index is 12.9. The van der Waals surface area contributed by atoms with Crippen molar-refractivity contribution in [3.8, 4) is 5.75 Å². The van der Waals surface area contributed by atoms with Gasteiger partial charge < -0.3 is 14.5 Å². The summed E-state index contributed by atoms with van der Waals surface area (Å²) in [5.41, 5.74) is 2.90. The van der Waals surface area contributed by atoms with Crippen LogP contribution < -0.4 is 14.5 Å². The lowest BCUT2D eigenvalue weighted by Gasteiger charge is -2.24. The van der Waals surface area contributed by atoms with Crippen LogP contribution in [-0.4, -0.2) is 32.0 Å². The summed E-state index contributed by atoms with van der Waals surface area (Å²) >= 11 is 0. The molecule has 5 nitrogen and oxygen atoms in total. The summed E-state index contributed by atoms with van der Waals surface area (Å²) in [4.78, 5) is 27.8. The van der Waals surface area contributed by atoms with Gasteiger partial charge in [-0.25, -0.2) is 0 Å². The van der Waals surface area contributed by atoms with E-state index >= 15 is 0 Å². The monoisotopic (exact) mass is 394 g/mol. The first-order chi connectivity index (χ1) is 14.0. The molecule has 0 spiro atoms. The zero-order valence-corrected chi connectivity index (χ0v) is 17.5. The maximum atomic E-state index is 12.9. The van der Waals surface area contributed by atoms with Gasteiger partial charge in [0.05, 0.1) is 23.9 Å². The minimum Gasteiger partial charge on any atom is -0.494 e. The number of ether oxygens (including phenoxy) is 1. The van der Waals surface area contributed by atoms with Gasteiger partial charge in [0.2, 0.25) is 12.3 Å². The molecular weight excluding hydrogens is 364 g/mol. The van der Waals surface area contributed by atoms with Crippen molar-refractivity contribution in [3.63, 3.8) is 0 Å². The van der Waals surface area contributed by atoms with Crippen molar-refractivity contribution in [2.45, 2.75) is 39.5 Å². The summed E-state index contributed by atoms with van der Waals surface area (Å²) < 4.78 is 5.85. The van der Waals surface area contributed by atoms with Gasteiger partial charge >= 0.3 is 0 Å². The lowest BCUT2D eigenvalue weighted by Crippen LogP contribution is -2.37. The summed E-state index contributed by atoms with van der Waals surface area (Å²) in [6.45, 7) is 7.86. The van der Waals surface area contributed by atoms with Crippen LogP contribution in [0.1, 0.15) is 45.1 Å². The Morgan fingerprint density at radius 3 is 2.41 bits per heavy atom. The molecule has 2 aromatic carbocycles. The average molecular weight is 395 g/mol. The quantitative estimate of drug-likeness (QED) is 0.485. The fourth-order valence-electron chi connectivity index (χ4n) is 3.63. The second-order valence-corrected chi connectivity index (χ2v) is 7.92. The Labute approximate surface area is 173 Å². The number of nitrogens with zero attached hydrogens (tertiary/aromatic N) is 2. The predicted octanol–water partition coefficient (Wildman–Crippen LogP) is 4.61. The molecule has 0 saturated heterocycles.